The summed E-state index contributed by atoms with van der Waals surface area (Å²) in [4.78, 5) is 1.44. The fourth-order valence-electron chi connectivity index (χ4n) is 1.89. The zero-order chi connectivity index (χ0) is 9.80. The SMILES string of the molecule is NC(CCc1cccs1)C1CCOC1. The van der Waals surface area contributed by atoms with Crippen molar-refractivity contribution in [1.82, 2.24) is 0 Å². The van der Waals surface area contributed by atoms with Crippen molar-refractivity contribution >= 4 is 11.3 Å². The van der Waals surface area contributed by atoms with Gasteiger partial charge in [-0.25, -0.2) is 0 Å². The Morgan fingerprint density at radius 1 is 1.64 bits per heavy atom. The van der Waals surface area contributed by atoms with Gasteiger partial charge in [-0.2, -0.15) is 0 Å². The average Bonchev–Trinajstić information content (AvgIpc) is 2.87. The van der Waals surface area contributed by atoms with Crippen LogP contribution in [0.1, 0.15) is 17.7 Å². The third kappa shape index (κ3) is 2.56. The van der Waals surface area contributed by atoms with Crippen LogP contribution in [0.5, 0.6) is 0 Å². The van der Waals surface area contributed by atoms with E-state index in [9.17, 15) is 0 Å². The molecule has 0 saturated carbocycles. The highest BCUT2D eigenvalue weighted by Crippen LogP contribution is 2.20. The van der Waals surface area contributed by atoms with Gasteiger partial charge in [0.25, 0.3) is 0 Å². The quantitative estimate of drug-likeness (QED) is 0.827. The van der Waals surface area contributed by atoms with Crippen LogP contribution in [0.25, 0.3) is 0 Å². The van der Waals surface area contributed by atoms with Gasteiger partial charge in [0.15, 0.2) is 0 Å². The number of thiophene rings is 1. The summed E-state index contributed by atoms with van der Waals surface area (Å²) in [6, 6.07) is 4.60. The lowest BCUT2D eigenvalue weighted by Gasteiger charge is -2.16. The monoisotopic (exact) mass is 211 g/mol. The molecule has 14 heavy (non-hydrogen) atoms. The molecule has 0 spiro atoms. The molecule has 0 aromatic carbocycles. The van der Waals surface area contributed by atoms with Crippen molar-refractivity contribution in [2.45, 2.75) is 25.3 Å². The third-order valence-electron chi connectivity index (χ3n) is 2.87. The molecule has 3 heteroatoms. The summed E-state index contributed by atoms with van der Waals surface area (Å²) in [6.45, 7) is 1.77. The van der Waals surface area contributed by atoms with E-state index in [2.05, 4.69) is 17.5 Å². The van der Waals surface area contributed by atoms with Crippen molar-refractivity contribution in [3.05, 3.63) is 22.4 Å². The normalized spacial score (nSPS) is 23.9. The van der Waals surface area contributed by atoms with Gasteiger partial charge < -0.3 is 10.5 Å². The van der Waals surface area contributed by atoms with Crippen molar-refractivity contribution < 1.29 is 4.74 Å². The molecule has 1 fully saturated rings. The van der Waals surface area contributed by atoms with Crippen LogP contribution < -0.4 is 5.73 Å². The zero-order valence-corrected chi connectivity index (χ0v) is 9.13. The maximum Gasteiger partial charge on any atom is 0.0509 e. The molecule has 1 saturated heterocycles. The highest BCUT2D eigenvalue weighted by molar-refractivity contribution is 7.09. The van der Waals surface area contributed by atoms with Crippen LogP contribution in [0.15, 0.2) is 17.5 Å². The summed E-state index contributed by atoms with van der Waals surface area (Å²) >= 11 is 1.82. The first-order valence-electron chi connectivity index (χ1n) is 5.22. The maximum atomic E-state index is 6.12. The number of hydrogen-bond donors (Lipinski definition) is 1. The fourth-order valence-corrected chi connectivity index (χ4v) is 2.61. The van der Waals surface area contributed by atoms with Gasteiger partial charge in [-0.15, -0.1) is 11.3 Å². The topological polar surface area (TPSA) is 35.2 Å². The Balaban J connectivity index is 1.74. The Labute approximate surface area is 89.1 Å². The molecule has 2 rings (SSSR count). The van der Waals surface area contributed by atoms with Crippen molar-refractivity contribution in [3.8, 4) is 0 Å². The molecule has 0 radical (unpaired) electrons. The molecule has 2 N–H and O–H groups in total. The summed E-state index contributed by atoms with van der Waals surface area (Å²) in [5, 5.41) is 2.12. The molecule has 1 aliphatic heterocycles. The summed E-state index contributed by atoms with van der Waals surface area (Å²) in [7, 11) is 0. The van der Waals surface area contributed by atoms with Gasteiger partial charge in [-0.3, -0.25) is 0 Å². The van der Waals surface area contributed by atoms with Crippen LogP contribution in [0.3, 0.4) is 0 Å². The number of rotatable bonds is 4. The van der Waals surface area contributed by atoms with Gasteiger partial charge in [0.2, 0.25) is 0 Å². The highest BCUT2D eigenvalue weighted by atomic mass is 32.1. The van der Waals surface area contributed by atoms with Crippen molar-refractivity contribution in [3.63, 3.8) is 0 Å². The summed E-state index contributed by atoms with van der Waals surface area (Å²) in [5.41, 5.74) is 6.12. The molecule has 0 amide bonds. The summed E-state index contributed by atoms with van der Waals surface area (Å²) in [6.07, 6.45) is 3.36. The second-order valence-electron chi connectivity index (χ2n) is 3.91. The highest BCUT2D eigenvalue weighted by Gasteiger charge is 2.22. The van der Waals surface area contributed by atoms with Crippen LogP contribution >= 0.6 is 11.3 Å². The molecule has 2 atom stereocenters. The molecule has 2 heterocycles. The van der Waals surface area contributed by atoms with E-state index in [1.807, 2.05) is 11.3 Å². The predicted octanol–water partition coefficient (Wildman–Crippen LogP) is 2.04. The molecular formula is C11H17NOS. The first kappa shape index (κ1) is 10.1. The van der Waals surface area contributed by atoms with E-state index < -0.39 is 0 Å². The molecule has 1 aromatic heterocycles. The first-order valence-corrected chi connectivity index (χ1v) is 6.10. The summed E-state index contributed by atoms with van der Waals surface area (Å²) in [5.74, 6) is 0.593. The van der Waals surface area contributed by atoms with E-state index in [1.54, 1.807) is 0 Å². The average molecular weight is 211 g/mol. The second kappa shape index (κ2) is 4.91. The smallest absolute Gasteiger partial charge is 0.0509 e. The standard InChI is InChI=1S/C11H17NOS/c12-11(9-5-6-13-8-9)4-3-10-2-1-7-14-10/h1-2,7,9,11H,3-6,8,12H2. The van der Waals surface area contributed by atoms with E-state index in [0.717, 1.165) is 32.5 Å². The predicted molar refractivity (Wildman–Crippen MR) is 59.5 cm³/mol. The van der Waals surface area contributed by atoms with Crippen LogP contribution in [-0.2, 0) is 11.2 Å². The molecular weight excluding hydrogens is 194 g/mol. The molecule has 0 bridgehead atoms. The van der Waals surface area contributed by atoms with Crippen molar-refractivity contribution in [2.75, 3.05) is 13.2 Å². The zero-order valence-electron chi connectivity index (χ0n) is 8.32. The Bertz CT molecular complexity index is 254. The first-order chi connectivity index (χ1) is 6.86. The second-order valence-corrected chi connectivity index (χ2v) is 4.94. The largest absolute Gasteiger partial charge is 0.381 e. The van der Waals surface area contributed by atoms with Gasteiger partial charge in [-0.05, 0) is 36.6 Å². The van der Waals surface area contributed by atoms with Gasteiger partial charge in [-0.1, -0.05) is 6.07 Å². The third-order valence-corrected chi connectivity index (χ3v) is 3.81. The minimum atomic E-state index is 0.319. The molecule has 2 unspecified atom stereocenters. The fraction of sp³-hybridized carbons (Fsp3) is 0.636. The Kier molecular flexibility index (Phi) is 3.56. The molecule has 78 valence electrons. The van der Waals surface area contributed by atoms with E-state index in [0.29, 0.717) is 12.0 Å². The van der Waals surface area contributed by atoms with Crippen LogP contribution in [-0.4, -0.2) is 19.3 Å². The maximum absolute atomic E-state index is 6.12. The number of ether oxygens (including phenoxy) is 1. The lowest BCUT2D eigenvalue weighted by Crippen LogP contribution is -2.30. The van der Waals surface area contributed by atoms with E-state index in [1.165, 1.54) is 4.88 Å². The van der Waals surface area contributed by atoms with E-state index in [-0.39, 0.29) is 0 Å². The van der Waals surface area contributed by atoms with Gasteiger partial charge >= 0.3 is 0 Å². The van der Waals surface area contributed by atoms with Crippen molar-refractivity contribution in [1.29, 1.82) is 0 Å². The van der Waals surface area contributed by atoms with Crippen LogP contribution in [0.2, 0.25) is 0 Å². The number of aryl methyl sites for hydroxylation is 1. The minimum Gasteiger partial charge on any atom is -0.381 e. The number of hydrogen-bond acceptors (Lipinski definition) is 3. The Morgan fingerprint density at radius 3 is 3.21 bits per heavy atom. The number of nitrogens with two attached hydrogens (primary N) is 1. The molecule has 2 nitrogen and oxygen atoms in total. The van der Waals surface area contributed by atoms with E-state index in [4.69, 9.17) is 10.5 Å². The molecule has 0 aliphatic carbocycles. The Morgan fingerprint density at radius 2 is 2.57 bits per heavy atom. The van der Waals surface area contributed by atoms with Gasteiger partial charge in [0.05, 0.1) is 6.61 Å². The van der Waals surface area contributed by atoms with Crippen LogP contribution in [0.4, 0.5) is 0 Å². The molecule has 1 aromatic rings. The van der Waals surface area contributed by atoms with Crippen molar-refractivity contribution in [2.24, 2.45) is 11.7 Å². The van der Waals surface area contributed by atoms with Crippen LogP contribution in [0, 0.1) is 5.92 Å². The lowest BCUT2D eigenvalue weighted by atomic mass is 9.96. The summed E-state index contributed by atoms with van der Waals surface area (Å²) < 4.78 is 5.34. The van der Waals surface area contributed by atoms with Gasteiger partial charge in [0.1, 0.15) is 0 Å². The van der Waals surface area contributed by atoms with E-state index >= 15 is 0 Å². The lowest BCUT2D eigenvalue weighted by molar-refractivity contribution is 0.180. The molecule has 1 aliphatic rings. The van der Waals surface area contributed by atoms with Gasteiger partial charge in [0, 0.05) is 17.5 Å². The Hall–Kier alpha value is -0.380. The minimum absolute atomic E-state index is 0.319.